The second kappa shape index (κ2) is 7.93. The summed E-state index contributed by atoms with van der Waals surface area (Å²) in [4.78, 5) is 22.9. The number of rotatable bonds is 7. The van der Waals surface area contributed by atoms with E-state index >= 15 is 0 Å². The third kappa shape index (κ3) is 5.02. The molecule has 7 heteroatoms. The van der Waals surface area contributed by atoms with E-state index in [2.05, 4.69) is 21.0 Å². The fraction of sp³-hybridized carbons (Fsp3) is 0.583. The number of hydrogen-bond acceptors (Lipinski definition) is 5. The highest BCUT2D eigenvalue weighted by Gasteiger charge is 2.15. The van der Waals surface area contributed by atoms with Crippen molar-refractivity contribution in [1.82, 2.24) is 9.78 Å². The summed E-state index contributed by atoms with van der Waals surface area (Å²) in [6, 6.07) is 1.60. The van der Waals surface area contributed by atoms with Gasteiger partial charge in [0.1, 0.15) is 10.3 Å². The molecule has 0 fully saturated rings. The highest BCUT2D eigenvalue weighted by molar-refractivity contribution is 9.10. The van der Waals surface area contributed by atoms with E-state index in [0.29, 0.717) is 42.9 Å². The lowest BCUT2D eigenvalue weighted by atomic mass is 10.3. The minimum Gasteiger partial charge on any atom is -0.466 e. The molecule has 1 rings (SSSR count). The first kappa shape index (κ1) is 15.7. The molecule has 0 spiro atoms. The van der Waals surface area contributed by atoms with E-state index in [1.165, 1.54) is 4.68 Å². The van der Waals surface area contributed by atoms with Crippen molar-refractivity contribution in [3.63, 3.8) is 0 Å². The van der Waals surface area contributed by atoms with Crippen LogP contribution in [-0.4, -0.2) is 34.9 Å². The molecule has 0 saturated heterocycles. The van der Waals surface area contributed by atoms with Gasteiger partial charge in [-0.1, -0.05) is 0 Å². The number of carbonyl (C=O) groups excluding carboxylic acids is 2. The number of nitrogens with zero attached hydrogens (tertiary/aromatic N) is 2. The van der Waals surface area contributed by atoms with Gasteiger partial charge < -0.3 is 9.47 Å². The van der Waals surface area contributed by atoms with Gasteiger partial charge in [0.05, 0.1) is 13.2 Å². The molecule has 0 aliphatic rings. The van der Waals surface area contributed by atoms with Crippen molar-refractivity contribution in [1.29, 1.82) is 0 Å². The van der Waals surface area contributed by atoms with Crippen LogP contribution in [0.2, 0.25) is 0 Å². The van der Waals surface area contributed by atoms with Gasteiger partial charge in [-0.25, -0.2) is 4.79 Å². The number of hydrogen-bond donors (Lipinski definition) is 0. The van der Waals surface area contributed by atoms with Crippen molar-refractivity contribution in [2.24, 2.45) is 0 Å². The molecule has 1 aromatic heterocycles. The third-order valence-electron chi connectivity index (χ3n) is 2.29. The van der Waals surface area contributed by atoms with Crippen LogP contribution in [0.25, 0.3) is 0 Å². The predicted octanol–water partition coefficient (Wildman–Crippen LogP) is 2.17. The number of carbonyl (C=O) groups is 2. The quantitative estimate of drug-likeness (QED) is 0.715. The largest absolute Gasteiger partial charge is 0.466 e. The monoisotopic (exact) mass is 332 g/mol. The van der Waals surface area contributed by atoms with E-state index in [4.69, 9.17) is 9.47 Å². The molecule has 0 aromatic carbocycles. The first-order valence-electron chi connectivity index (χ1n) is 6.14. The molecule has 6 nitrogen and oxygen atoms in total. The first-order valence-corrected chi connectivity index (χ1v) is 6.93. The van der Waals surface area contributed by atoms with Crippen LogP contribution in [-0.2, 0) is 20.8 Å². The number of aryl methyl sites for hydroxylation is 1. The highest BCUT2D eigenvalue weighted by Crippen LogP contribution is 2.13. The topological polar surface area (TPSA) is 70.4 Å². The van der Waals surface area contributed by atoms with E-state index < -0.39 is 5.97 Å². The average Bonchev–Trinajstić information content (AvgIpc) is 2.71. The van der Waals surface area contributed by atoms with Crippen LogP contribution in [0.1, 0.15) is 37.2 Å². The maximum Gasteiger partial charge on any atom is 0.356 e. The van der Waals surface area contributed by atoms with Gasteiger partial charge in [-0.05, 0) is 36.2 Å². The Morgan fingerprint density at radius 1 is 1.32 bits per heavy atom. The molecule has 0 amide bonds. The van der Waals surface area contributed by atoms with Crippen LogP contribution in [0.4, 0.5) is 0 Å². The smallest absolute Gasteiger partial charge is 0.356 e. The number of ether oxygens (including phenoxy) is 2. The maximum atomic E-state index is 11.7. The van der Waals surface area contributed by atoms with Crippen molar-refractivity contribution in [3.05, 3.63) is 16.4 Å². The lowest BCUT2D eigenvalue weighted by molar-refractivity contribution is -0.143. The van der Waals surface area contributed by atoms with Crippen LogP contribution in [0.5, 0.6) is 0 Å². The molecule has 0 aliphatic carbocycles. The molecule has 19 heavy (non-hydrogen) atoms. The minimum absolute atomic E-state index is 0.244. The summed E-state index contributed by atoms with van der Waals surface area (Å²) in [5.41, 5.74) is 0.373. The Morgan fingerprint density at radius 2 is 2.00 bits per heavy atom. The Morgan fingerprint density at radius 3 is 2.63 bits per heavy atom. The third-order valence-corrected chi connectivity index (χ3v) is 2.68. The first-order chi connectivity index (χ1) is 9.08. The summed E-state index contributed by atoms with van der Waals surface area (Å²) < 4.78 is 11.9. The zero-order chi connectivity index (χ0) is 14.3. The zero-order valence-electron chi connectivity index (χ0n) is 11.0. The number of esters is 2. The van der Waals surface area contributed by atoms with Crippen LogP contribution in [0.15, 0.2) is 10.7 Å². The Bertz CT molecular complexity index is 445. The summed E-state index contributed by atoms with van der Waals surface area (Å²) in [7, 11) is 0. The molecule has 0 atom stereocenters. The SMILES string of the molecule is CCOC(=O)CCCn1nc(Br)cc1C(=O)OCC. The molecule has 0 unspecified atom stereocenters. The molecule has 0 bridgehead atoms. The van der Waals surface area contributed by atoms with E-state index in [-0.39, 0.29) is 5.97 Å². The van der Waals surface area contributed by atoms with Gasteiger partial charge in [0.25, 0.3) is 0 Å². The van der Waals surface area contributed by atoms with Crippen LogP contribution >= 0.6 is 15.9 Å². The van der Waals surface area contributed by atoms with Crippen LogP contribution in [0.3, 0.4) is 0 Å². The molecular weight excluding hydrogens is 316 g/mol. The summed E-state index contributed by atoms with van der Waals surface area (Å²) in [5.74, 6) is -0.664. The Balaban J connectivity index is 2.58. The van der Waals surface area contributed by atoms with Gasteiger partial charge in [-0.2, -0.15) is 5.10 Å². The lowest BCUT2D eigenvalue weighted by Crippen LogP contribution is -2.14. The van der Waals surface area contributed by atoms with Crippen molar-refractivity contribution in [2.75, 3.05) is 13.2 Å². The molecule has 0 aliphatic heterocycles. The molecule has 106 valence electrons. The number of aromatic nitrogens is 2. The molecule has 0 N–H and O–H groups in total. The predicted molar refractivity (Wildman–Crippen MR) is 71.8 cm³/mol. The number of halogens is 1. The highest BCUT2D eigenvalue weighted by atomic mass is 79.9. The van der Waals surface area contributed by atoms with E-state index in [1.807, 2.05) is 0 Å². The van der Waals surface area contributed by atoms with Gasteiger partial charge in [-0.15, -0.1) is 0 Å². The van der Waals surface area contributed by atoms with Crippen molar-refractivity contribution in [3.8, 4) is 0 Å². The summed E-state index contributed by atoms with van der Waals surface area (Å²) in [6.45, 7) is 4.65. The normalized spacial score (nSPS) is 10.3. The van der Waals surface area contributed by atoms with Gasteiger partial charge in [-0.3, -0.25) is 9.48 Å². The molecule has 0 saturated carbocycles. The zero-order valence-corrected chi connectivity index (χ0v) is 12.6. The van der Waals surface area contributed by atoms with Gasteiger partial charge in [0.2, 0.25) is 0 Å². The average molecular weight is 333 g/mol. The summed E-state index contributed by atoms with van der Waals surface area (Å²) in [6.07, 6.45) is 0.854. The molecule has 1 aromatic rings. The van der Waals surface area contributed by atoms with Crippen molar-refractivity contribution >= 4 is 27.9 Å². The van der Waals surface area contributed by atoms with Crippen LogP contribution in [0, 0.1) is 0 Å². The molecule has 0 radical (unpaired) electrons. The van der Waals surface area contributed by atoms with E-state index in [0.717, 1.165) is 0 Å². The maximum absolute atomic E-state index is 11.7. The van der Waals surface area contributed by atoms with E-state index in [1.54, 1.807) is 19.9 Å². The molecular formula is C12H17BrN2O4. The second-order valence-corrected chi connectivity index (χ2v) is 4.52. The lowest BCUT2D eigenvalue weighted by Gasteiger charge is -2.06. The summed E-state index contributed by atoms with van der Waals surface area (Å²) >= 11 is 3.22. The Labute approximate surface area is 120 Å². The van der Waals surface area contributed by atoms with Gasteiger partial charge >= 0.3 is 11.9 Å². The minimum atomic E-state index is -0.420. The van der Waals surface area contributed by atoms with Gasteiger partial charge in [0.15, 0.2) is 0 Å². The second-order valence-electron chi connectivity index (χ2n) is 3.70. The van der Waals surface area contributed by atoms with E-state index in [9.17, 15) is 9.59 Å². The van der Waals surface area contributed by atoms with Crippen LogP contribution < -0.4 is 0 Å². The molecule has 1 heterocycles. The summed E-state index contributed by atoms with van der Waals surface area (Å²) in [5, 5.41) is 4.14. The van der Waals surface area contributed by atoms with Crippen molar-refractivity contribution in [2.45, 2.75) is 33.2 Å². The van der Waals surface area contributed by atoms with Crippen molar-refractivity contribution < 1.29 is 19.1 Å². The van der Waals surface area contributed by atoms with Gasteiger partial charge in [0, 0.05) is 19.0 Å². The fourth-order valence-electron chi connectivity index (χ4n) is 1.53. The Hall–Kier alpha value is -1.37. The fourth-order valence-corrected chi connectivity index (χ4v) is 1.94. The standard InChI is InChI=1S/C12H17BrN2O4/c1-3-18-11(16)6-5-7-15-9(8-10(13)14-15)12(17)19-4-2/h8H,3-7H2,1-2H3. The Kier molecular flexibility index (Phi) is 6.55.